The van der Waals surface area contributed by atoms with E-state index < -0.39 is 18.0 Å². The van der Waals surface area contributed by atoms with Crippen LogP contribution in [0.5, 0.6) is 5.75 Å². The summed E-state index contributed by atoms with van der Waals surface area (Å²) in [5.41, 5.74) is 10.3. The van der Waals surface area contributed by atoms with Crippen LogP contribution in [0.2, 0.25) is 0 Å². The molecule has 3 aromatic rings. The Morgan fingerprint density at radius 1 is 0.946 bits per heavy atom. The highest BCUT2D eigenvalue weighted by atomic mass is 16.5. The van der Waals surface area contributed by atoms with Gasteiger partial charge in [0.15, 0.2) is 0 Å². The van der Waals surface area contributed by atoms with Crippen molar-refractivity contribution in [3.05, 3.63) is 101 Å². The first-order valence-corrected chi connectivity index (χ1v) is 13.0. The fourth-order valence-corrected chi connectivity index (χ4v) is 5.16. The number of benzene rings is 3. The fourth-order valence-electron chi connectivity index (χ4n) is 5.16. The monoisotopic (exact) mass is 499 g/mol. The summed E-state index contributed by atoms with van der Waals surface area (Å²) in [6.45, 7) is 5.80. The van der Waals surface area contributed by atoms with E-state index in [2.05, 4.69) is 23.1 Å². The summed E-state index contributed by atoms with van der Waals surface area (Å²) in [7, 11) is 1.63. The average Bonchev–Trinajstić information content (AvgIpc) is 2.91. The maximum absolute atomic E-state index is 14.6. The Balaban J connectivity index is 1.76. The zero-order valence-electron chi connectivity index (χ0n) is 22.0. The lowest BCUT2D eigenvalue weighted by atomic mass is 9.94. The van der Waals surface area contributed by atoms with Gasteiger partial charge in [-0.05, 0) is 53.1 Å². The molecule has 0 bridgehead atoms. The number of hydrogen-bond acceptors (Lipinski definition) is 4. The van der Waals surface area contributed by atoms with Crippen LogP contribution in [0.15, 0.2) is 78.9 Å². The average molecular weight is 500 g/mol. The molecule has 2 N–H and O–H groups in total. The lowest BCUT2D eigenvalue weighted by Gasteiger charge is -2.40. The van der Waals surface area contributed by atoms with Crippen molar-refractivity contribution in [2.24, 2.45) is 11.7 Å². The smallest absolute Gasteiger partial charge is 0.245 e. The van der Waals surface area contributed by atoms with Crippen molar-refractivity contribution >= 4 is 11.8 Å². The number of rotatable bonds is 10. The van der Waals surface area contributed by atoms with Gasteiger partial charge in [0.1, 0.15) is 17.8 Å². The van der Waals surface area contributed by atoms with Crippen molar-refractivity contribution in [2.45, 2.75) is 51.9 Å². The van der Waals surface area contributed by atoms with E-state index in [0.29, 0.717) is 19.5 Å². The van der Waals surface area contributed by atoms with Crippen LogP contribution in [0.1, 0.15) is 48.6 Å². The third-order valence-corrected chi connectivity index (χ3v) is 7.07. The Morgan fingerprint density at radius 2 is 1.59 bits per heavy atom. The Morgan fingerprint density at radius 3 is 2.22 bits per heavy atom. The topological polar surface area (TPSA) is 75.9 Å². The molecule has 2 atom stereocenters. The van der Waals surface area contributed by atoms with Crippen molar-refractivity contribution in [3.63, 3.8) is 0 Å². The second-order valence-electron chi connectivity index (χ2n) is 10.2. The molecule has 0 radical (unpaired) electrons. The Kier molecular flexibility index (Phi) is 8.62. The highest BCUT2D eigenvalue weighted by Gasteiger charge is 2.38. The molecule has 2 amide bonds. The number of ether oxygens (including phenoxy) is 1. The van der Waals surface area contributed by atoms with Crippen LogP contribution >= 0.6 is 0 Å². The summed E-state index contributed by atoms with van der Waals surface area (Å²) < 4.78 is 5.37. The quantitative estimate of drug-likeness (QED) is 0.438. The summed E-state index contributed by atoms with van der Waals surface area (Å²) in [4.78, 5) is 31.3. The van der Waals surface area contributed by atoms with E-state index in [1.54, 1.807) is 12.0 Å². The van der Waals surface area contributed by atoms with Gasteiger partial charge in [0.2, 0.25) is 11.8 Å². The molecule has 1 heterocycles. The van der Waals surface area contributed by atoms with E-state index >= 15 is 0 Å². The van der Waals surface area contributed by atoms with Gasteiger partial charge in [-0.3, -0.25) is 14.5 Å². The molecule has 4 rings (SSSR count). The number of fused-ring (bicyclic) bond motifs is 1. The minimum atomic E-state index is -0.703. The van der Waals surface area contributed by atoms with E-state index in [1.165, 1.54) is 11.1 Å². The second-order valence-corrected chi connectivity index (χ2v) is 10.2. The van der Waals surface area contributed by atoms with E-state index in [0.717, 1.165) is 29.8 Å². The van der Waals surface area contributed by atoms with Crippen LogP contribution in [0.3, 0.4) is 0 Å². The molecule has 2 unspecified atom stereocenters. The molecule has 0 aromatic heterocycles. The maximum Gasteiger partial charge on any atom is 0.245 e. The normalized spacial score (nSPS) is 15.0. The summed E-state index contributed by atoms with van der Waals surface area (Å²) in [6.07, 6.45) is 1.37. The molecule has 3 aromatic carbocycles. The number of carbonyl (C=O) groups is 2. The first-order valence-electron chi connectivity index (χ1n) is 13.0. The van der Waals surface area contributed by atoms with E-state index in [9.17, 15) is 9.59 Å². The van der Waals surface area contributed by atoms with Gasteiger partial charge in [-0.15, -0.1) is 0 Å². The summed E-state index contributed by atoms with van der Waals surface area (Å²) in [5.74, 6) is 0.341. The Labute approximate surface area is 220 Å². The van der Waals surface area contributed by atoms with Crippen molar-refractivity contribution in [1.82, 2.24) is 9.80 Å². The minimum Gasteiger partial charge on any atom is -0.497 e. The second kappa shape index (κ2) is 12.1. The Bertz CT molecular complexity index is 1190. The number of primary amides is 1. The van der Waals surface area contributed by atoms with Crippen LogP contribution in [0.4, 0.5) is 0 Å². The van der Waals surface area contributed by atoms with E-state index in [-0.39, 0.29) is 11.8 Å². The number of nitrogens with two attached hydrogens (primary N) is 1. The molecule has 0 saturated heterocycles. The molecule has 0 fully saturated rings. The molecule has 1 aliphatic rings. The third kappa shape index (κ3) is 6.38. The highest BCUT2D eigenvalue weighted by molar-refractivity contribution is 5.90. The van der Waals surface area contributed by atoms with Gasteiger partial charge >= 0.3 is 0 Å². The van der Waals surface area contributed by atoms with Crippen LogP contribution in [0.25, 0.3) is 0 Å². The zero-order valence-corrected chi connectivity index (χ0v) is 22.0. The summed E-state index contributed by atoms with van der Waals surface area (Å²) in [6, 6.07) is 24.6. The molecule has 6 heteroatoms. The molecule has 0 aliphatic carbocycles. The van der Waals surface area contributed by atoms with E-state index in [1.807, 2.05) is 74.5 Å². The maximum atomic E-state index is 14.6. The van der Waals surface area contributed by atoms with Crippen molar-refractivity contribution in [2.75, 3.05) is 13.7 Å². The number of nitrogens with zero attached hydrogens (tertiary/aromatic N) is 2. The Hall–Kier alpha value is -3.64. The van der Waals surface area contributed by atoms with Gasteiger partial charge in [0, 0.05) is 19.6 Å². The van der Waals surface area contributed by atoms with Gasteiger partial charge in [0.25, 0.3) is 0 Å². The predicted molar refractivity (Wildman–Crippen MR) is 146 cm³/mol. The largest absolute Gasteiger partial charge is 0.497 e. The molecule has 37 heavy (non-hydrogen) atoms. The van der Waals surface area contributed by atoms with Crippen LogP contribution in [-0.4, -0.2) is 41.3 Å². The van der Waals surface area contributed by atoms with Crippen molar-refractivity contribution in [3.8, 4) is 5.75 Å². The van der Waals surface area contributed by atoms with Gasteiger partial charge in [-0.2, -0.15) is 0 Å². The SMILES string of the molecule is COc1ccc(C(C(=O)N(Cc2ccccc2)C(CC(C)C)C(N)=O)N2CCc3ccccc3C2)cc1. The number of carbonyl (C=O) groups excluding carboxylic acids is 2. The number of hydrogen-bond donors (Lipinski definition) is 1. The first-order chi connectivity index (χ1) is 17.9. The fraction of sp³-hybridized carbons (Fsp3) is 0.355. The van der Waals surface area contributed by atoms with Crippen LogP contribution < -0.4 is 10.5 Å². The molecule has 1 aliphatic heterocycles. The van der Waals surface area contributed by atoms with Crippen LogP contribution in [0, 0.1) is 5.92 Å². The van der Waals surface area contributed by atoms with Crippen LogP contribution in [-0.2, 0) is 29.1 Å². The predicted octanol–water partition coefficient (Wildman–Crippen LogP) is 4.72. The lowest BCUT2D eigenvalue weighted by Crippen LogP contribution is -2.52. The van der Waals surface area contributed by atoms with Gasteiger partial charge in [0.05, 0.1) is 7.11 Å². The first kappa shape index (κ1) is 26.4. The molecule has 0 saturated carbocycles. The van der Waals surface area contributed by atoms with Gasteiger partial charge in [-0.25, -0.2) is 0 Å². The number of methoxy groups -OCH3 is 1. The number of amides is 2. The van der Waals surface area contributed by atoms with Crippen molar-refractivity contribution < 1.29 is 14.3 Å². The van der Waals surface area contributed by atoms with E-state index in [4.69, 9.17) is 10.5 Å². The molecule has 6 nitrogen and oxygen atoms in total. The minimum absolute atomic E-state index is 0.113. The standard InChI is InChI=1S/C31H37N3O3/c1-22(2)19-28(30(32)35)34(20-23-9-5-4-6-10-23)31(36)29(25-13-15-27(37-3)16-14-25)33-18-17-24-11-7-8-12-26(24)21-33/h4-16,22,28-29H,17-21H2,1-3H3,(H2,32,35). The van der Waals surface area contributed by atoms with Gasteiger partial charge < -0.3 is 15.4 Å². The van der Waals surface area contributed by atoms with Gasteiger partial charge in [-0.1, -0.05) is 80.6 Å². The zero-order chi connectivity index (χ0) is 26.4. The summed E-state index contributed by atoms with van der Waals surface area (Å²) >= 11 is 0. The molecule has 0 spiro atoms. The summed E-state index contributed by atoms with van der Waals surface area (Å²) in [5, 5.41) is 0. The van der Waals surface area contributed by atoms with Crippen molar-refractivity contribution in [1.29, 1.82) is 0 Å². The lowest BCUT2D eigenvalue weighted by molar-refractivity contribution is -0.146. The molecule has 194 valence electrons. The highest BCUT2D eigenvalue weighted by Crippen LogP contribution is 2.32. The third-order valence-electron chi connectivity index (χ3n) is 7.07. The molecular formula is C31H37N3O3. The molecular weight excluding hydrogens is 462 g/mol.